The SMILES string of the molecule is C[C](C)(C)[Sn+2][C](C)(C)C.[CH-]1CCCC1.[CH-]1CCCC1.[Fe+2]. The van der Waals surface area contributed by atoms with Gasteiger partial charge in [-0.25, -0.2) is 0 Å². The third kappa shape index (κ3) is 21.6. The van der Waals surface area contributed by atoms with E-state index in [9.17, 15) is 0 Å². The van der Waals surface area contributed by atoms with Gasteiger partial charge in [-0.2, -0.15) is 25.7 Å². The van der Waals surface area contributed by atoms with Gasteiger partial charge in [0.25, 0.3) is 0 Å². The fourth-order valence-electron chi connectivity index (χ4n) is 2.57. The molecule has 0 radical (unpaired) electrons. The predicted molar refractivity (Wildman–Crippen MR) is 90.7 cm³/mol. The van der Waals surface area contributed by atoms with Crippen molar-refractivity contribution in [3.05, 3.63) is 12.8 Å². The first-order valence-electron chi connectivity index (χ1n) is 8.13. The van der Waals surface area contributed by atoms with Crippen LogP contribution in [0.4, 0.5) is 0 Å². The van der Waals surface area contributed by atoms with Crippen molar-refractivity contribution >= 4 is 21.1 Å². The predicted octanol–water partition coefficient (Wildman–Crippen LogP) is 6.65. The number of hydrogen-bond donors (Lipinski definition) is 0. The van der Waals surface area contributed by atoms with Crippen LogP contribution < -0.4 is 0 Å². The van der Waals surface area contributed by atoms with Crippen molar-refractivity contribution in [2.24, 2.45) is 0 Å². The standard InChI is InChI=1S/2C5H9.2C4H9.Fe.Sn/c2*1-2-4-5-3-1;2*1-4(2)3;;/h2*1H,2-5H2;2*1-3H3;;/q2*-1;;;2*+2. The summed E-state index contributed by atoms with van der Waals surface area (Å²) in [5, 5.41) is 0. The molecule has 0 atom stereocenters. The zero-order valence-corrected chi connectivity index (χ0v) is 18.6. The van der Waals surface area contributed by atoms with E-state index in [1.54, 1.807) is 0 Å². The largest absolute Gasteiger partial charge is 2.00 e. The van der Waals surface area contributed by atoms with Crippen LogP contribution in [0, 0.1) is 12.8 Å². The maximum absolute atomic E-state index is 2.37. The van der Waals surface area contributed by atoms with Crippen LogP contribution in [0.25, 0.3) is 0 Å². The molecule has 0 bridgehead atoms. The summed E-state index contributed by atoms with van der Waals surface area (Å²) in [6.07, 6.45) is 16.0. The van der Waals surface area contributed by atoms with Gasteiger partial charge in [-0.1, -0.05) is 25.7 Å². The van der Waals surface area contributed by atoms with Crippen LogP contribution in [-0.4, -0.2) is 21.1 Å². The Labute approximate surface area is 150 Å². The molecule has 0 aromatic heterocycles. The van der Waals surface area contributed by atoms with Crippen molar-refractivity contribution in [3.63, 3.8) is 0 Å². The van der Waals surface area contributed by atoms with E-state index in [2.05, 4.69) is 54.4 Å². The van der Waals surface area contributed by atoms with E-state index in [1.807, 2.05) is 0 Å². The number of hydrogen-bond acceptors (Lipinski definition) is 0. The molecule has 0 nitrogen and oxygen atoms in total. The summed E-state index contributed by atoms with van der Waals surface area (Å²) in [7, 11) is 0. The molecule has 2 saturated carbocycles. The van der Waals surface area contributed by atoms with Crippen LogP contribution in [0.15, 0.2) is 0 Å². The van der Waals surface area contributed by atoms with Crippen LogP contribution in [0.1, 0.15) is 92.9 Å². The maximum atomic E-state index is 2.37. The molecule has 2 aliphatic rings. The Hall–Kier alpha value is 1.32. The van der Waals surface area contributed by atoms with Crippen LogP contribution in [0.2, 0.25) is 6.86 Å². The van der Waals surface area contributed by atoms with Gasteiger partial charge in [0.1, 0.15) is 0 Å². The van der Waals surface area contributed by atoms with Gasteiger partial charge in [0.15, 0.2) is 0 Å². The van der Waals surface area contributed by atoms with E-state index in [0.717, 1.165) is 0 Å². The van der Waals surface area contributed by atoms with E-state index in [0.29, 0.717) is 6.86 Å². The molecule has 20 heavy (non-hydrogen) atoms. The Kier molecular flexibility index (Phi) is 15.1. The first-order chi connectivity index (χ1) is 8.71. The zero-order valence-electron chi connectivity index (χ0n) is 14.7. The minimum atomic E-state index is -0.182. The Bertz CT molecular complexity index is 155. The Morgan fingerprint density at radius 3 is 0.900 bits per heavy atom. The monoisotopic (exact) mass is 428 g/mol. The van der Waals surface area contributed by atoms with E-state index in [-0.39, 0.29) is 38.2 Å². The Morgan fingerprint density at radius 2 is 0.850 bits per heavy atom. The van der Waals surface area contributed by atoms with Gasteiger partial charge in [0.05, 0.1) is 0 Å². The van der Waals surface area contributed by atoms with Crippen molar-refractivity contribution in [3.8, 4) is 0 Å². The Balaban J connectivity index is 0. The molecular formula is C18H36FeSn+2. The van der Waals surface area contributed by atoms with Gasteiger partial charge < -0.3 is 12.8 Å². The van der Waals surface area contributed by atoms with E-state index in [4.69, 9.17) is 0 Å². The average molecular weight is 427 g/mol. The molecular weight excluding hydrogens is 391 g/mol. The van der Waals surface area contributed by atoms with Crippen LogP contribution >= 0.6 is 0 Å². The molecule has 0 amide bonds. The molecule has 2 rings (SSSR count). The molecule has 2 fully saturated rings. The molecule has 2 aliphatic carbocycles. The third-order valence-electron chi connectivity index (χ3n) is 2.88. The molecule has 0 saturated heterocycles. The van der Waals surface area contributed by atoms with Gasteiger partial charge in [-0.05, 0) is 0 Å². The fraction of sp³-hybridized carbons (Fsp3) is 0.889. The topological polar surface area (TPSA) is 0 Å². The summed E-state index contributed by atoms with van der Waals surface area (Å²) >= 11 is -0.182. The second-order valence-electron chi connectivity index (χ2n) is 7.77. The molecule has 2 heteroatoms. The minimum Gasteiger partial charge on any atom is -0.328 e. The van der Waals surface area contributed by atoms with Crippen molar-refractivity contribution in [1.82, 2.24) is 0 Å². The summed E-state index contributed by atoms with van der Waals surface area (Å²) in [6.45, 7) is 14.2. The molecule has 0 unspecified atom stereocenters. The van der Waals surface area contributed by atoms with Gasteiger partial charge in [0, 0.05) is 0 Å². The van der Waals surface area contributed by atoms with Crippen molar-refractivity contribution in [2.75, 3.05) is 0 Å². The molecule has 118 valence electrons. The van der Waals surface area contributed by atoms with Gasteiger partial charge >= 0.3 is 86.6 Å². The third-order valence-corrected chi connectivity index (χ3v) is 7.16. The second-order valence-corrected chi connectivity index (χ2v) is 17.0. The van der Waals surface area contributed by atoms with Crippen LogP contribution in [-0.2, 0) is 17.1 Å². The van der Waals surface area contributed by atoms with Crippen molar-refractivity contribution < 1.29 is 17.1 Å². The smallest absolute Gasteiger partial charge is 0.328 e. The molecule has 0 spiro atoms. The molecule has 0 N–H and O–H groups in total. The van der Waals surface area contributed by atoms with Crippen LogP contribution in [0.5, 0.6) is 0 Å². The summed E-state index contributed by atoms with van der Waals surface area (Å²) < 4.78 is 1.31. The molecule has 0 aromatic rings. The second kappa shape index (κ2) is 12.8. The van der Waals surface area contributed by atoms with Crippen molar-refractivity contribution in [2.45, 2.75) is 99.8 Å². The first kappa shape index (κ1) is 23.6. The van der Waals surface area contributed by atoms with Gasteiger partial charge in [0.2, 0.25) is 0 Å². The minimum absolute atomic E-state index is 0. The zero-order chi connectivity index (χ0) is 14.8. The van der Waals surface area contributed by atoms with Crippen molar-refractivity contribution in [1.29, 1.82) is 0 Å². The van der Waals surface area contributed by atoms with E-state index < -0.39 is 0 Å². The average Bonchev–Trinajstić information content (AvgIpc) is 2.93. The molecule has 0 heterocycles. The Morgan fingerprint density at radius 1 is 0.600 bits per heavy atom. The summed E-state index contributed by atoms with van der Waals surface area (Å²) in [5.74, 6) is 0. The first-order valence-corrected chi connectivity index (χ1v) is 11.0. The maximum Gasteiger partial charge on any atom is 2.00 e. The quantitative estimate of drug-likeness (QED) is 0.300. The summed E-state index contributed by atoms with van der Waals surface area (Å²) in [6, 6.07) is 0. The van der Waals surface area contributed by atoms with Gasteiger partial charge in [-0.3, -0.25) is 0 Å². The van der Waals surface area contributed by atoms with E-state index in [1.165, 1.54) is 51.4 Å². The summed E-state index contributed by atoms with van der Waals surface area (Å²) in [5.41, 5.74) is 0. The fourth-order valence-corrected chi connectivity index (χ4v) is 8.99. The van der Waals surface area contributed by atoms with E-state index >= 15 is 0 Å². The van der Waals surface area contributed by atoms with Gasteiger partial charge in [-0.15, -0.1) is 0 Å². The normalized spacial score (nSPS) is 17.9. The summed E-state index contributed by atoms with van der Waals surface area (Å²) in [4.78, 5) is 0. The van der Waals surface area contributed by atoms with Crippen LogP contribution in [0.3, 0.4) is 0 Å². The molecule has 0 aliphatic heterocycles. The number of rotatable bonds is 0. The molecule has 0 aromatic carbocycles.